The van der Waals surface area contributed by atoms with E-state index >= 15 is 0 Å². The molecule has 0 radical (unpaired) electrons. The molecule has 4 rings (SSSR count). The number of aromatic nitrogens is 1. The monoisotopic (exact) mass is 296 g/mol. The van der Waals surface area contributed by atoms with Crippen LogP contribution in [0.1, 0.15) is 17.7 Å². The van der Waals surface area contributed by atoms with Gasteiger partial charge in [-0.25, -0.2) is 4.98 Å². The molecule has 1 aliphatic carbocycles. The second-order valence-corrected chi connectivity index (χ2v) is 6.41. The minimum absolute atomic E-state index is 0.702. The SMILES string of the molecule is c1ccc(-c2nc(-c3ccoc3)sc2CNC2CC2)cc1. The first-order valence-electron chi connectivity index (χ1n) is 7.21. The molecular weight excluding hydrogens is 280 g/mol. The molecule has 0 amide bonds. The molecule has 1 N–H and O–H groups in total. The van der Waals surface area contributed by atoms with Gasteiger partial charge in [-0.1, -0.05) is 30.3 Å². The van der Waals surface area contributed by atoms with Gasteiger partial charge in [0.05, 0.1) is 12.0 Å². The summed E-state index contributed by atoms with van der Waals surface area (Å²) in [5, 5.41) is 4.61. The highest BCUT2D eigenvalue weighted by Gasteiger charge is 2.22. The van der Waals surface area contributed by atoms with Crippen LogP contribution >= 0.6 is 11.3 Å². The van der Waals surface area contributed by atoms with Crippen LogP contribution in [-0.2, 0) is 6.54 Å². The molecule has 2 aromatic heterocycles. The van der Waals surface area contributed by atoms with Gasteiger partial charge < -0.3 is 9.73 Å². The Kier molecular flexibility index (Phi) is 3.33. The summed E-state index contributed by atoms with van der Waals surface area (Å²) in [5.41, 5.74) is 3.32. The lowest BCUT2D eigenvalue weighted by Gasteiger charge is -2.03. The Morgan fingerprint density at radius 2 is 2.00 bits per heavy atom. The molecule has 1 saturated carbocycles. The Morgan fingerprint density at radius 1 is 1.14 bits per heavy atom. The van der Waals surface area contributed by atoms with Crippen LogP contribution in [-0.4, -0.2) is 11.0 Å². The number of nitrogens with zero attached hydrogens (tertiary/aromatic N) is 1. The van der Waals surface area contributed by atoms with Gasteiger partial charge in [-0.05, 0) is 18.9 Å². The van der Waals surface area contributed by atoms with Gasteiger partial charge in [0.15, 0.2) is 0 Å². The van der Waals surface area contributed by atoms with E-state index in [1.54, 1.807) is 23.9 Å². The minimum Gasteiger partial charge on any atom is -0.472 e. The molecule has 0 spiro atoms. The maximum Gasteiger partial charge on any atom is 0.127 e. The van der Waals surface area contributed by atoms with E-state index in [1.807, 2.05) is 12.1 Å². The minimum atomic E-state index is 0.702. The van der Waals surface area contributed by atoms with Crippen LogP contribution in [0.15, 0.2) is 53.3 Å². The van der Waals surface area contributed by atoms with Gasteiger partial charge >= 0.3 is 0 Å². The van der Waals surface area contributed by atoms with Gasteiger partial charge in [0, 0.05) is 28.6 Å². The molecule has 0 aliphatic heterocycles. The summed E-state index contributed by atoms with van der Waals surface area (Å²) in [6.07, 6.45) is 6.05. The maximum absolute atomic E-state index is 5.18. The van der Waals surface area contributed by atoms with Crippen LogP contribution in [0.2, 0.25) is 0 Å². The van der Waals surface area contributed by atoms with E-state index in [2.05, 4.69) is 29.6 Å². The maximum atomic E-state index is 5.18. The van der Waals surface area contributed by atoms with E-state index in [4.69, 9.17) is 9.40 Å². The van der Waals surface area contributed by atoms with Crippen molar-refractivity contribution in [2.45, 2.75) is 25.4 Å². The third-order valence-corrected chi connectivity index (χ3v) is 4.75. The smallest absolute Gasteiger partial charge is 0.127 e. The molecule has 0 bridgehead atoms. The molecule has 0 saturated heterocycles. The Labute approximate surface area is 127 Å². The summed E-state index contributed by atoms with van der Waals surface area (Å²) in [6.45, 7) is 0.893. The van der Waals surface area contributed by atoms with Crippen molar-refractivity contribution in [1.82, 2.24) is 10.3 Å². The molecule has 0 atom stereocenters. The lowest BCUT2D eigenvalue weighted by molar-refractivity contribution is 0.568. The number of rotatable bonds is 5. The van der Waals surface area contributed by atoms with Gasteiger partial charge in [-0.2, -0.15) is 0 Å². The Morgan fingerprint density at radius 3 is 2.71 bits per heavy atom. The highest BCUT2D eigenvalue weighted by atomic mass is 32.1. The van der Waals surface area contributed by atoms with Gasteiger partial charge in [0.1, 0.15) is 11.3 Å². The first-order valence-corrected chi connectivity index (χ1v) is 8.03. The first kappa shape index (κ1) is 12.8. The van der Waals surface area contributed by atoms with E-state index in [0.717, 1.165) is 22.8 Å². The second kappa shape index (κ2) is 5.47. The molecule has 1 aliphatic rings. The fourth-order valence-corrected chi connectivity index (χ4v) is 3.35. The van der Waals surface area contributed by atoms with Gasteiger partial charge in [-0.15, -0.1) is 11.3 Å². The Bertz CT molecular complexity index is 715. The van der Waals surface area contributed by atoms with Crippen molar-refractivity contribution in [1.29, 1.82) is 0 Å². The zero-order valence-corrected chi connectivity index (χ0v) is 12.4. The van der Waals surface area contributed by atoms with E-state index < -0.39 is 0 Å². The van der Waals surface area contributed by atoms with Crippen LogP contribution in [0.3, 0.4) is 0 Å². The van der Waals surface area contributed by atoms with Crippen molar-refractivity contribution in [2.75, 3.05) is 0 Å². The van der Waals surface area contributed by atoms with Gasteiger partial charge in [-0.3, -0.25) is 0 Å². The molecule has 1 aromatic carbocycles. The van der Waals surface area contributed by atoms with Gasteiger partial charge in [0.25, 0.3) is 0 Å². The number of furan rings is 1. The second-order valence-electron chi connectivity index (χ2n) is 5.32. The summed E-state index contributed by atoms with van der Waals surface area (Å²) in [7, 11) is 0. The molecule has 0 unspecified atom stereocenters. The van der Waals surface area contributed by atoms with Crippen molar-refractivity contribution >= 4 is 11.3 Å². The van der Waals surface area contributed by atoms with Crippen LogP contribution in [0.5, 0.6) is 0 Å². The molecule has 2 heterocycles. The third-order valence-electron chi connectivity index (χ3n) is 3.64. The average molecular weight is 296 g/mol. The molecule has 4 heteroatoms. The molecule has 106 valence electrons. The molecular formula is C17H16N2OS. The molecule has 3 nitrogen and oxygen atoms in total. The quantitative estimate of drug-likeness (QED) is 0.762. The van der Waals surface area contributed by atoms with Crippen molar-refractivity contribution in [3.63, 3.8) is 0 Å². The zero-order chi connectivity index (χ0) is 14.1. The normalized spacial score (nSPS) is 14.5. The first-order chi connectivity index (χ1) is 10.4. The van der Waals surface area contributed by atoms with Crippen molar-refractivity contribution in [3.8, 4) is 21.8 Å². The lowest BCUT2D eigenvalue weighted by Crippen LogP contribution is -2.14. The van der Waals surface area contributed by atoms with E-state index in [9.17, 15) is 0 Å². The molecule has 1 fully saturated rings. The summed E-state index contributed by atoms with van der Waals surface area (Å²) in [6, 6.07) is 13.1. The Balaban J connectivity index is 1.71. The van der Waals surface area contributed by atoms with Crippen LogP contribution < -0.4 is 5.32 Å². The molecule has 3 aromatic rings. The van der Waals surface area contributed by atoms with Crippen LogP contribution in [0, 0.1) is 0 Å². The standard InChI is InChI=1S/C17H16N2OS/c1-2-4-12(5-3-1)16-15(10-18-14-6-7-14)21-17(19-16)13-8-9-20-11-13/h1-5,8-9,11,14,18H,6-7,10H2. The highest BCUT2D eigenvalue weighted by molar-refractivity contribution is 7.15. The Hall–Kier alpha value is -1.91. The van der Waals surface area contributed by atoms with E-state index in [-0.39, 0.29) is 0 Å². The summed E-state index contributed by atoms with van der Waals surface area (Å²) in [5.74, 6) is 0. The van der Waals surface area contributed by atoms with Crippen LogP contribution in [0.4, 0.5) is 0 Å². The summed E-state index contributed by atoms with van der Waals surface area (Å²) < 4.78 is 5.18. The zero-order valence-electron chi connectivity index (χ0n) is 11.6. The van der Waals surface area contributed by atoms with E-state index in [1.165, 1.54) is 23.3 Å². The lowest BCUT2D eigenvalue weighted by atomic mass is 10.1. The third kappa shape index (κ3) is 2.77. The van der Waals surface area contributed by atoms with Crippen molar-refractivity contribution < 1.29 is 4.42 Å². The topological polar surface area (TPSA) is 38.1 Å². The number of thiazole rings is 1. The van der Waals surface area contributed by atoms with Crippen molar-refractivity contribution in [3.05, 3.63) is 53.8 Å². The average Bonchev–Trinajstić information content (AvgIpc) is 3.03. The van der Waals surface area contributed by atoms with E-state index in [0.29, 0.717) is 6.04 Å². The highest BCUT2D eigenvalue weighted by Crippen LogP contribution is 2.34. The predicted molar refractivity (Wildman–Crippen MR) is 85.1 cm³/mol. The summed E-state index contributed by atoms with van der Waals surface area (Å²) in [4.78, 5) is 6.14. The molecule has 21 heavy (non-hydrogen) atoms. The van der Waals surface area contributed by atoms with Gasteiger partial charge in [0.2, 0.25) is 0 Å². The van der Waals surface area contributed by atoms with Crippen molar-refractivity contribution in [2.24, 2.45) is 0 Å². The van der Waals surface area contributed by atoms with Crippen LogP contribution in [0.25, 0.3) is 21.8 Å². The number of hydrogen-bond donors (Lipinski definition) is 1. The summed E-state index contributed by atoms with van der Waals surface area (Å²) >= 11 is 1.75. The fraction of sp³-hybridized carbons (Fsp3) is 0.235. The number of nitrogens with one attached hydrogen (secondary N) is 1. The number of hydrogen-bond acceptors (Lipinski definition) is 4. The number of benzene rings is 1. The largest absolute Gasteiger partial charge is 0.472 e. The fourth-order valence-electron chi connectivity index (χ4n) is 2.33. The predicted octanol–water partition coefficient (Wildman–Crippen LogP) is 4.32.